The van der Waals surface area contributed by atoms with Crippen molar-refractivity contribution in [2.75, 3.05) is 31.5 Å². The SMILES string of the molecule is CC(C)(N)C(=O)N1CCN(C(=O)Nc2ccn(-c3ccc(CNC4CCC(N)CC4)c(F)c3)c(=O)n2)CC1. The number of nitrogens with zero attached hydrogens (tertiary/aromatic N) is 4. The van der Waals surface area contributed by atoms with Crippen LogP contribution < -0.4 is 27.8 Å². The summed E-state index contributed by atoms with van der Waals surface area (Å²) in [6, 6.07) is 6.28. The monoisotopic (exact) mass is 528 g/mol. The van der Waals surface area contributed by atoms with Gasteiger partial charge in [0.05, 0.1) is 11.2 Å². The molecule has 11 nitrogen and oxygen atoms in total. The Kier molecular flexibility index (Phi) is 8.44. The van der Waals surface area contributed by atoms with Gasteiger partial charge in [-0.15, -0.1) is 0 Å². The van der Waals surface area contributed by atoms with Gasteiger partial charge in [-0.2, -0.15) is 4.98 Å². The van der Waals surface area contributed by atoms with Crippen LogP contribution in [0.25, 0.3) is 5.69 Å². The Hall–Kier alpha value is -3.35. The van der Waals surface area contributed by atoms with E-state index in [9.17, 15) is 18.8 Å². The molecule has 1 aliphatic heterocycles. The summed E-state index contributed by atoms with van der Waals surface area (Å²) in [6.45, 7) is 5.10. The van der Waals surface area contributed by atoms with E-state index >= 15 is 0 Å². The summed E-state index contributed by atoms with van der Waals surface area (Å²) in [4.78, 5) is 44.8. The summed E-state index contributed by atoms with van der Waals surface area (Å²) in [5, 5.41) is 6.01. The molecule has 2 aromatic rings. The van der Waals surface area contributed by atoms with Crippen molar-refractivity contribution in [3.05, 3.63) is 52.3 Å². The Morgan fingerprint density at radius 2 is 1.74 bits per heavy atom. The number of piperazine rings is 1. The number of nitrogens with two attached hydrogens (primary N) is 2. The van der Waals surface area contributed by atoms with Crippen LogP contribution in [0.5, 0.6) is 0 Å². The molecule has 12 heteroatoms. The van der Waals surface area contributed by atoms with Crippen LogP contribution in [-0.2, 0) is 11.3 Å². The quantitative estimate of drug-likeness (QED) is 0.439. The lowest BCUT2D eigenvalue weighted by atomic mass is 9.92. The van der Waals surface area contributed by atoms with Gasteiger partial charge in [-0.05, 0) is 57.7 Å². The van der Waals surface area contributed by atoms with Gasteiger partial charge in [0.1, 0.15) is 11.6 Å². The highest BCUT2D eigenvalue weighted by atomic mass is 19.1. The first-order chi connectivity index (χ1) is 18.0. The van der Waals surface area contributed by atoms with Crippen molar-refractivity contribution in [1.29, 1.82) is 0 Å². The maximum Gasteiger partial charge on any atom is 0.354 e. The zero-order chi connectivity index (χ0) is 27.4. The highest BCUT2D eigenvalue weighted by Gasteiger charge is 2.31. The summed E-state index contributed by atoms with van der Waals surface area (Å²) >= 11 is 0. The minimum atomic E-state index is -0.970. The summed E-state index contributed by atoms with van der Waals surface area (Å²) < 4.78 is 16.0. The fourth-order valence-corrected chi connectivity index (χ4v) is 4.79. The fraction of sp³-hybridized carbons (Fsp3) is 0.538. The first kappa shape index (κ1) is 27.7. The Morgan fingerprint density at radius 3 is 2.34 bits per heavy atom. The third kappa shape index (κ3) is 6.74. The van der Waals surface area contributed by atoms with Crippen LogP contribution in [0.4, 0.5) is 15.0 Å². The molecule has 4 rings (SSSR count). The summed E-state index contributed by atoms with van der Waals surface area (Å²) in [6.07, 6.45) is 5.34. The van der Waals surface area contributed by atoms with Gasteiger partial charge < -0.3 is 26.6 Å². The summed E-state index contributed by atoms with van der Waals surface area (Å²) in [7, 11) is 0. The molecule has 0 radical (unpaired) electrons. The highest BCUT2D eigenvalue weighted by Crippen LogP contribution is 2.19. The van der Waals surface area contributed by atoms with Gasteiger partial charge in [0.25, 0.3) is 0 Å². The van der Waals surface area contributed by atoms with E-state index in [1.165, 1.54) is 22.9 Å². The molecule has 0 atom stereocenters. The van der Waals surface area contributed by atoms with Gasteiger partial charge in [-0.25, -0.2) is 14.0 Å². The minimum Gasteiger partial charge on any atom is -0.338 e. The van der Waals surface area contributed by atoms with Crippen LogP contribution in [0.2, 0.25) is 0 Å². The molecule has 1 aromatic heterocycles. The maximum atomic E-state index is 14.8. The van der Waals surface area contributed by atoms with Crippen molar-refractivity contribution < 1.29 is 14.0 Å². The molecule has 0 unspecified atom stereocenters. The Morgan fingerprint density at radius 1 is 1.08 bits per heavy atom. The van der Waals surface area contributed by atoms with Crippen LogP contribution in [-0.4, -0.2) is 75.1 Å². The topological polar surface area (TPSA) is 152 Å². The number of halogens is 1. The van der Waals surface area contributed by atoms with Gasteiger partial charge in [-0.3, -0.25) is 14.7 Å². The van der Waals surface area contributed by atoms with Crippen molar-refractivity contribution >= 4 is 17.8 Å². The van der Waals surface area contributed by atoms with E-state index in [0.29, 0.717) is 50.0 Å². The highest BCUT2D eigenvalue weighted by molar-refractivity contribution is 5.89. The molecule has 206 valence electrons. The van der Waals surface area contributed by atoms with Gasteiger partial charge >= 0.3 is 11.7 Å². The zero-order valence-corrected chi connectivity index (χ0v) is 22.0. The molecular formula is C26H37FN8O3. The number of nitrogens with one attached hydrogen (secondary N) is 2. The molecule has 6 N–H and O–H groups in total. The third-order valence-electron chi connectivity index (χ3n) is 7.11. The Labute approximate surface area is 221 Å². The average molecular weight is 529 g/mol. The van der Waals surface area contributed by atoms with Gasteiger partial charge in [0.15, 0.2) is 0 Å². The van der Waals surface area contributed by atoms with E-state index in [4.69, 9.17) is 11.5 Å². The number of amides is 3. The number of rotatable bonds is 6. The van der Waals surface area contributed by atoms with Crippen LogP contribution in [0.15, 0.2) is 35.3 Å². The van der Waals surface area contributed by atoms with Crippen molar-refractivity contribution in [3.63, 3.8) is 0 Å². The van der Waals surface area contributed by atoms with E-state index in [1.54, 1.807) is 35.8 Å². The van der Waals surface area contributed by atoms with Crippen molar-refractivity contribution in [2.45, 2.75) is 63.7 Å². The van der Waals surface area contributed by atoms with Crippen molar-refractivity contribution in [3.8, 4) is 5.69 Å². The Balaban J connectivity index is 1.33. The number of anilines is 1. The largest absolute Gasteiger partial charge is 0.354 e. The predicted octanol–water partition coefficient (Wildman–Crippen LogP) is 1.14. The van der Waals surface area contributed by atoms with Gasteiger partial charge in [-0.1, -0.05) is 6.07 Å². The van der Waals surface area contributed by atoms with Crippen molar-refractivity contribution in [1.82, 2.24) is 24.7 Å². The number of aromatic nitrogens is 2. The smallest absolute Gasteiger partial charge is 0.338 e. The molecule has 2 fully saturated rings. The number of carbonyl (C=O) groups is 2. The number of hydrogen-bond donors (Lipinski definition) is 4. The second-order valence-electron chi connectivity index (χ2n) is 10.7. The molecule has 2 heterocycles. The van der Waals surface area contributed by atoms with Crippen LogP contribution in [0.3, 0.4) is 0 Å². The molecule has 3 amide bonds. The van der Waals surface area contributed by atoms with E-state index in [0.717, 1.165) is 25.7 Å². The molecule has 0 bridgehead atoms. The van der Waals surface area contributed by atoms with E-state index in [1.807, 2.05) is 0 Å². The standard InChI is InChI=1S/C26H37FN8O3/c1-26(2,29)23(36)33-11-13-34(14-12-33)24(37)31-22-9-10-35(25(38)32-22)20-8-3-17(21(27)15-20)16-30-19-6-4-18(28)5-7-19/h3,8-10,15,18-19,30H,4-7,11-14,16,28-29H2,1-2H3,(H,31,32,37,38). The van der Waals surface area contributed by atoms with Crippen molar-refractivity contribution in [2.24, 2.45) is 11.5 Å². The summed E-state index contributed by atoms with van der Waals surface area (Å²) in [5.74, 6) is -0.494. The first-order valence-corrected chi connectivity index (χ1v) is 13.0. The van der Waals surface area contributed by atoms with Gasteiger partial charge in [0.2, 0.25) is 5.91 Å². The zero-order valence-electron chi connectivity index (χ0n) is 22.0. The predicted molar refractivity (Wildman–Crippen MR) is 142 cm³/mol. The Bertz CT molecular complexity index is 1210. The van der Waals surface area contributed by atoms with Gasteiger partial charge in [0, 0.05) is 56.6 Å². The third-order valence-corrected chi connectivity index (χ3v) is 7.11. The molecule has 1 aromatic carbocycles. The molecule has 2 aliphatic rings. The molecule has 38 heavy (non-hydrogen) atoms. The second kappa shape index (κ2) is 11.6. The number of carbonyl (C=O) groups excluding carboxylic acids is 2. The first-order valence-electron chi connectivity index (χ1n) is 13.0. The maximum absolute atomic E-state index is 14.8. The van der Waals surface area contributed by atoms with Crippen LogP contribution in [0, 0.1) is 5.82 Å². The van der Waals surface area contributed by atoms with Crippen LogP contribution >= 0.6 is 0 Å². The summed E-state index contributed by atoms with van der Waals surface area (Å²) in [5.41, 5.74) is 11.1. The molecule has 1 aliphatic carbocycles. The lowest BCUT2D eigenvalue weighted by molar-refractivity contribution is -0.137. The van der Waals surface area contributed by atoms with Crippen LogP contribution in [0.1, 0.15) is 45.1 Å². The lowest BCUT2D eigenvalue weighted by Gasteiger charge is -2.37. The molecule has 0 spiro atoms. The second-order valence-corrected chi connectivity index (χ2v) is 10.7. The average Bonchev–Trinajstić information content (AvgIpc) is 2.88. The normalized spacial score (nSPS) is 20.3. The van der Waals surface area contributed by atoms with E-state index in [-0.39, 0.29) is 17.8 Å². The minimum absolute atomic E-state index is 0.0892. The number of benzene rings is 1. The number of urea groups is 1. The van der Waals surface area contributed by atoms with E-state index in [2.05, 4.69) is 15.6 Å². The number of hydrogen-bond acceptors (Lipinski definition) is 7. The lowest BCUT2D eigenvalue weighted by Crippen LogP contribution is -2.58. The van der Waals surface area contributed by atoms with E-state index < -0.39 is 23.1 Å². The molecule has 1 saturated carbocycles. The molecule has 1 saturated heterocycles. The fourth-order valence-electron chi connectivity index (χ4n) is 4.79. The molecular weight excluding hydrogens is 491 g/mol.